The van der Waals surface area contributed by atoms with Gasteiger partial charge in [0.05, 0.1) is 12.0 Å². The van der Waals surface area contributed by atoms with Crippen LogP contribution in [0.3, 0.4) is 0 Å². The summed E-state index contributed by atoms with van der Waals surface area (Å²) in [6.45, 7) is 4.06. The lowest BCUT2D eigenvalue weighted by molar-refractivity contribution is 0.873. The molecule has 1 rings (SSSR count). The number of amidine groups is 1. The molecule has 0 radical (unpaired) electrons. The number of hydrogen-bond acceptors (Lipinski definition) is 1. The molecule has 2 N–H and O–H groups in total. The van der Waals surface area contributed by atoms with Crippen molar-refractivity contribution >= 4 is 33.8 Å². The Hall–Kier alpha value is -1.16. The molecule has 80 valence electrons. The summed E-state index contributed by atoms with van der Waals surface area (Å²) in [7, 11) is 0. The molecule has 0 aromatic heterocycles. The summed E-state index contributed by atoms with van der Waals surface area (Å²) in [5.41, 5.74) is 6.15. The Balaban J connectivity index is 2.97. The van der Waals surface area contributed by atoms with Gasteiger partial charge in [0.1, 0.15) is 5.84 Å². The van der Waals surface area contributed by atoms with Gasteiger partial charge in [0.25, 0.3) is 0 Å². The lowest BCUT2D eigenvalue weighted by Gasteiger charge is -2.04. The molecule has 1 aromatic rings. The zero-order valence-electron chi connectivity index (χ0n) is 8.81. The first-order chi connectivity index (χ1) is 7.13. The average molecular weight is 268 g/mol. The van der Waals surface area contributed by atoms with Gasteiger partial charge in [0, 0.05) is 10.4 Å². The molecule has 0 saturated carbocycles. The quantitative estimate of drug-likeness (QED) is 0.650. The van der Waals surface area contributed by atoms with Crippen molar-refractivity contribution in [3.05, 3.63) is 28.7 Å². The summed E-state index contributed by atoms with van der Waals surface area (Å²) in [6.07, 6.45) is 1.28. The fourth-order valence-electron chi connectivity index (χ4n) is 1.03. The van der Waals surface area contributed by atoms with Crippen LogP contribution in [0, 0.1) is 5.92 Å². The normalized spacial score (nSPS) is 12.7. The van der Waals surface area contributed by atoms with E-state index in [4.69, 9.17) is 5.73 Å². The summed E-state index contributed by atoms with van der Waals surface area (Å²) < 4.78 is 1.04. The third-order valence-corrected chi connectivity index (χ3v) is 2.32. The molecule has 0 bridgehead atoms. The topological polar surface area (TPSA) is 50.7 Å². The first kappa shape index (κ1) is 11.9. The van der Waals surface area contributed by atoms with Crippen molar-refractivity contribution < 1.29 is 0 Å². The maximum atomic E-state index is 5.26. The summed E-state index contributed by atoms with van der Waals surface area (Å²) >= 11 is 3.37. The predicted octanol–water partition coefficient (Wildman–Crippen LogP) is 3.12. The minimum Gasteiger partial charge on any atom is -0.390 e. The molecule has 3 nitrogen and oxygen atoms in total. The van der Waals surface area contributed by atoms with Crippen LogP contribution < -0.4 is 5.73 Å². The highest BCUT2D eigenvalue weighted by molar-refractivity contribution is 9.10. The van der Waals surface area contributed by atoms with Crippen molar-refractivity contribution in [2.24, 2.45) is 21.6 Å². The van der Waals surface area contributed by atoms with Crippen LogP contribution in [0.25, 0.3) is 0 Å². The maximum absolute atomic E-state index is 5.26. The first-order valence-corrected chi connectivity index (χ1v) is 5.51. The molecule has 0 aliphatic heterocycles. The number of rotatable bonds is 2. The largest absolute Gasteiger partial charge is 0.390 e. The zero-order chi connectivity index (χ0) is 11.3. The molecular formula is C11H14BrN3. The number of benzene rings is 1. The SMILES string of the molecule is CC(C)C(N=CN)=Nc1ccc(Br)cc1. The molecular weight excluding hydrogens is 254 g/mol. The van der Waals surface area contributed by atoms with E-state index >= 15 is 0 Å². The number of hydrogen-bond donors (Lipinski definition) is 1. The van der Waals surface area contributed by atoms with Crippen LogP contribution in [0.4, 0.5) is 5.69 Å². The summed E-state index contributed by atoms with van der Waals surface area (Å²) in [6, 6.07) is 7.75. The van der Waals surface area contributed by atoms with E-state index in [1.807, 2.05) is 38.1 Å². The Labute approximate surface area is 98.3 Å². The smallest absolute Gasteiger partial charge is 0.133 e. The van der Waals surface area contributed by atoms with Gasteiger partial charge < -0.3 is 5.73 Å². The van der Waals surface area contributed by atoms with E-state index in [1.54, 1.807) is 0 Å². The summed E-state index contributed by atoms with van der Waals surface area (Å²) in [5.74, 6) is 0.994. The monoisotopic (exact) mass is 267 g/mol. The molecule has 15 heavy (non-hydrogen) atoms. The van der Waals surface area contributed by atoms with Gasteiger partial charge in [-0.25, -0.2) is 9.98 Å². The second-order valence-corrected chi connectivity index (χ2v) is 4.29. The number of aliphatic imine (C=N–C) groups is 2. The van der Waals surface area contributed by atoms with Crippen LogP contribution in [-0.2, 0) is 0 Å². The fourth-order valence-corrected chi connectivity index (χ4v) is 1.30. The molecule has 0 fully saturated rings. The maximum Gasteiger partial charge on any atom is 0.133 e. The first-order valence-electron chi connectivity index (χ1n) is 4.72. The second kappa shape index (κ2) is 5.66. The average Bonchev–Trinajstić information content (AvgIpc) is 2.20. The lowest BCUT2D eigenvalue weighted by atomic mass is 10.2. The van der Waals surface area contributed by atoms with Gasteiger partial charge in [-0.3, -0.25) is 0 Å². The van der Waals surface area contributed by atoms with E-state index in [1.165, 1.54) is 6.34 Å². The Kier molecular flexibility index (Phi) is 4.49. The molecule has 1 aromatic carbocycles. The molecule has 4 heteroatoms. The van der Waals surface area contributed by atoms with Gasteiger partial charge in [-0.2, -0.15) is 0 Å². The molecule has 0 amide bonds. The third-order valence-electron chi connectivity index (χ3n) is 1.79. The number of nitrogens with two attached hydrogens (primary N) is 1. The van der Waals surface area contributed by atoms with Gasteiger partial charge >= 0.3 is 0 Å². The minimum atomic E-state index is 0.258. The fraction of sp³-hybridized carbons (Fsp3) is 0.273. The van der Waals surface area contributed by atoms with Gasteiger partial charge in [-0.1, -0.05) is 29.8 Å². The van der Waals surface area contributed by atoms with E-state index in [0.29, 0.717) is 0 Å². The van der Waals surface area contributed by atoms with Gasteiger partial charge in [-0.15, -0.1) is 0 Å². The molecule has 0 spiro atoms. The van der Waals surface area contributed by atoms with Crippen molar-refractivity contribution in [3.63, 3.8) is 0 Å². The third kappa shape index (κ3) is 3.83. The Bertz CT molecular complexity index is 366. The highest BCUT2D eigenvalue weighted by Gasteiger charge is 2.02. The Morgan fingerprint density at radius 3 is 2.40 bits per heavy atom. The van der Waals surface area contributed by atoms with Crippen LogP contribution >= 0.6 is 15.9 Å². The predicted molar refractivity (Wildman–Crippen MR) is 68.8 cm³/mol. The zero-order valence-corrected chi connectivity index (χ0v) is 10.4. The van der Waals surface area contributed by atoms with Crippen LogP contribution in [0.5, 0.6) is 0 Å². The van der Waals surface area contributed by atoms with Gasteiger partial charge in [-0.05, 0) is 24.3 Å². The lowest BCUT2D eigenvalue weighted by Crippen LogP contribution is -2.06. The van der Waals surface area contributed by atoms with E-state index in [0.717, 1.165) is 16.0 Å². The van der Waals surface area contributed by atoms with Crippen LogP contribution in [0.1, 0.15) is 13.8 Å². The van der Waals surface area contributed by atoms with Gasteiger partial charge in [0.2, 0.25) is 0 Å². The standard InChI is InChI=1S/C11H14BrN3/c1-8(2)11(14-7-13)15-10-5-3-9(12)4-6-10/h3-8H,1-2H3,(H2,13,14,15). The van der Waals surface area contributed by atoms with Crippen molar-refractivity contribution in [3.8, 4) is 0 Å². The Morgan fingerprint density at radius 1 is 1.33 bits per heavy atom. The Morgan fingerprint density at radius 2 is 1.93 bits per heavy atom. The van der Waals surface area contributed by atoms with Crippen LogP contribution in [0.15, 0.2) is 38.7 Å². The highest BCUT2D eigenvalue weighted by atomic mass is 79.9. The highest BCUT2D eigenvalue weighted by Crippen LogP contribution is 2.18. The molecule has 0 aliphatic rings. The van der Waals surface area contributed by atoms with Gasteiger partial charge in [0.15, 0.2) is 0 Å². The van der Waals surface area contributed by atoms with E-state index in [2.05, 4.69) is 25.9 Å². The van der Waals surface area contributed by atoms with Crippen LogP contribution in [0.2, 0.25) is 0 Å². The van der Waals surface area contributed by atoms with E-state index < -0.39 is 0 Å². The van der Waals surface area contributed by atoms with Crippen molar-refractivity contribution in [1.29, 1.82) is 0 Å². The van der Waals surface area contributed by atoms with Crippen LogP contribution in [-0.4, -0.2) is 12.2 Å². The molecule has 0 heterocycles. The number of nitrogens with zero attached hydrogens (tertiary/aromatic N) is 2. The summed E-state index contributed by atoms with van der Waals surface area (Å²) in [5, 5.41) is 0. The molecule has 0 aliphatic carbocycles. The number of halogens is 1. The molecule has 0 atom stereocenters. The van der Waals surface area contributed by atoms with E-state index in [9.17, 15) is 0 Å². The second-order valence-electron chi connectivity index (χ2n) is 3.38. The molecule has 0 unspecified atom stereocenters. The van der Waals surface area contributed by atoms with Crippen molar-refractivity contribution in [2.45, 2.75) is 13.8 Å². The van der Waals surface area contributed by atoms with E-state index in [-0.39, 0.29) is 5.92 Å². The van der Waals surface area contributed by atoms with Crippen molar-refractivity contribution in [1.82, 2.24) is 0 Å². The molecule has 0 saturated heterocycles. The minimum absolute atomic E-state index is 0.258. The van der Waals surface area contributed by atoms with Crippen molar-refractivity contribution in [2.75, 3.05) is 0 Å². The summed E-state index contributed by atoms with van der Waals surface area (Å²) in [4.78, 5) is 8.44.